The average molecular weight is 421 g/mol. The van der Waals surface area contributed by atoms with E-state index < -0.39 is 21.5 Å². The van der Waals surface area contributed by atoms with Crippen LogP contribution in [0.3, 0.4) is 0 Å². The van der Waals surface area contributed by atoms with Gasteiger partial charge in [0.15, 0.2) is 0 Å². The number of rotatable bonds is 21. The molecule has 2 N–H and O–H groups in total. The minimum atomic E-state index is -4.18. The topological polar surface area (TPSA) is 74.6 Å². The Morgan fingerprint density at radius 2 is 0.893 bits per heavy atom. The van der Waals surface area contributed by atoms with Crippen molar-refractivity contribution in [3.05, 3.63) is 0 Å². The smallest absolute Gasteiger partial charge is 0.270 e. The lowest BCUT2D eigenvalue weighted by atomic mass is 10.0. The van der Waals surface area contributed by atoms with Gasteiger partial charge in [0.2, 0.25) is 0 Å². The minimum Gasteiger partial charge on any atom is -0.392 e. The van der Waals surface area contributed by atoms with Gasteiger partial charge < -0.3 is 5.11 Å². The van der Waals surface area contributed by atoms with Crippen LogP contribution in [0.25, 0.3) is 0 Å². The molecule has 28 heavy (non-hydrogen) atoms. The Hall–Kier alpha value is -0.130. The van der Waals surface area contributed by atoms with Crippen LogP contribution >= 0.6 is 0 Å². The molecule has 0 amide bonds. The van der Waals surface area contributed by atoms with Gasteiger partial charge in [-0.05, 0) is 12.8 Å². The first-order valence-electron chi connectivity index (χ1n) is 12.1. The van der Waals surface area contributed by atoms with E-state index >= 15 is 0 Å². The molecule has 0 aromatic rings. The summed E-state index contributed by atoms with van der Waals surface area (Å²) in [6.45, 7) is 4.41. The van der Waals surface area contributed by atoms with E-state index in [1.54, 1.807) is 0 Å². The van der Waals surface area contributed by atoms with E-state index in [1.807, 2.05) is 0 Å². The first kappa shape index (κ1) is 27.9. The normalized spacial score (nSPS) is 14.3. The highest BCUT2D eigenvalue weighted by Gasteiger charge is 2.29. The molecule has 0 aromatic carbocycles. The summed E-state index contributed by atoms with van der Waals surface area (Å²) in [6, 6.07) is 0. The predicted octanol–water partition coefficient (Wildman–Crippen LogP) is 7.06. The van der Waals surface area contributed by atoms with E-state index in [-0.39, 0.29) is 0 Å². The van der Waals surface area contributed by atoms with Crippen LogP contribution in [0.15, 0.2) is 0 Å². The molecule has 0 saturated carbocycles. The summed E-state index contributed by atoms with van der Waals surface area (Å²) in [6.07, 6.45) is 19.8. The molecule has 0 aromatic heterocycles. The first-order valence-corrected chi connectivity index (χ1v) is 13.6. The molecule has 0 spiro atoms. The Kier molecular flexibility index (Phi) is 18.8. The fourth-order valence-electron chi connectivity index (χ4n) is 3.87. The average Bonchev–Trinajstić information content (AvgIpc) is 2.64. The Labute approximate surface area is 175 Å². The molecule has 0 fully saturated rings. The van der Waals surface area contributed by atoms with Crippen molar-refractivity contribution in [1.29, 1.82) is 0 Å². The molecule has 170 valence electrons. The molecule has 2 unspecified atom stereocenters. The van der Waals surface area contributed by atoms with Crippen LogP contribution < -0.4 is 0 Å². The van der Waals surface area contributed by atoms with Crippen LogP contribution in [0.2, 0.25) is 0 Å². The SMILES string of the molecule is CCCCCCCCCCCCCC(O)C(CCCCCCCC)S(=O)(=O)O. The van der Waals surface area contributed by atoms with Gasteiger partial charge in [-0.3, -0.25) is 4.55 Å². The maximum Gasteiger partial charge on any atom is 0.270 e. The maximum atomic E-state index is 11.6. The summed E-state index contributed by atoms with van der Waals surface area (Å²) in [5.74, 6) is 0. The van der Waals surface area contributed by atoms with Crippen LogP contribution in [0.1, 0.15) is 136 Å². The van der Waals surface area contributed by atoms with Gasteiger partial charge in [0.05, 0.1) is 6.10 Å². The standard InChI is InChI=1S/C23H48O4S/c1-3-5-7-9-11-12-13-14-15-16-18-20-22(24)23(28(25,26)27)21-19-17-10-8-6-4-2/h22-24H,3-21H2,1-2H3,(H,25,26,27). The summed E-state index contributed by atoms with van der Waals surface area (Å²) in [5.41, 5.74) is 0. The molecule has 4 nitrogen and oxygen atoms in total. The molecule has 0 bridgehead atoms. The quantitative estimate of drug-likeness (QED) is 0.154. The predicted molar refractivity (Wildman–Crippen MR) is 120 cm³/mol. The van der Waals surface area contributed by atoms with E-state index in [4.69, 9.17) is 0 Å². The molecule has 2 atom stereocenters. The van der Waals surface area contributed by atoms with E-state index in [1.165, 1.54) is 70.6 Å². The summed E-state index contributed by atoms with van der Waals surface area (Å²) in [7, 11) is -4.18. The zero-order valence-electron chi connectivity index (χ0n) is 18.7. The number of hydrogen-bond acceptors (Lipinski definition) is 3. The summed E-state index contributed by atoms with van der Waals surface area (Å²) in [4.78, 5) is 0. The lowest BCUT2D eigenvalue weighted by Gasteiger charge is -2.20. The fraction of sp³-hybridized carbons (Fsp3) is 1.00. The molecule has 0 rings (SSSR count). The van der Waals surface area contributed by atoms with Gasteiger partial charge >= 0.3 is 0 Å². The molecular formula is C23H48O4S. The number of aliphatic hydroxyl groups excluding tert-OH is 1. The monoisotopic (exact) mass is 420 g/mol. The zero-order chi connectivity index (χ0) is 21.1. The number of hydrogen-bond donors (Lipinski definition) is 2. The van der Waals surface area contributed by atoms with Gasteiger partial charge in [0.25, 0.3) is 10.1 Å². The van der Waals surface area contributed by atoms with E-state index in [9.17, 15) is 18.1 Å². The number of unbranched alkanes of at least 4 members (excludes halogenated alkanes) is 15. The van der Waals surface area contributed by atoms with E-state index in [2.05, 4.69) is 13.8 Å². The molecule has 0 heterocycles. The zero-order valence-corrected chi connectivity index (χ0v) is 19.5. The van der Waals surface area contributed by atoms with Crippen molar-refractivity contribution in [3.8, 4) is 0 Å². The van der Waals surface area contributed by atoms with Gasteiger partial charge in [-0.2, -0.15) is 8.42 Å². The summed E-state index contributed by atoms with van der Waals surface area (Å²) >= 11 is 0. The highest BCUT2D eigenvalue weighted by atomic mass is 32.2. The van der Waals surface area contributed by atoms with Crippen LogP contribution in [-0.2, 0) is 10.1 Å². The molecule has 5 heteroatoms. The van der Waals surface area contributed by atoms with Crippen LogP contribution in [0, 0.1) is 0 Å². The second kappa shape index (κ2) is 18.9. The molecule has 0 aliphatic carbocycles. The van der Waals surface area contributed by atoms with Crippen molar-refractivity contribution < 1.29 is 18.1 Å². The van der Waals surface area contributed by atoms with Crippen LogP contribution in [-0.4, -0.2) is 29.4 Å². The van der Waals surface area contributed by atoms with E-state index in [0.29, 0.717) is 12.8 Å². The lowest BCUT2D eigenvalue weighted by Crippen LogP contribution is -2.33. The van der Waals surface area contributed by atoms with Crippen molar-refractivity contribution >= 4 is 10.1 Å². The number of aliphatic hydroxyl groups is 1. The van der Waals surface area contributed by atoms with Crippen molar-refractivity contribution in [2.24, 2.45) is 0 Å². The molecule has 0 saturated heterocycles. The molecular weight excluding hydrogens is 372 g/mol. The third-order valence-electron chi connectivity index (χ3n) is 5.76. The van der Waals surface area contributed by atoms with Crippen molar-refractivity contribution in [2.75, 3.05) is 0 Å². The molecule has 0 aliphatic rings. The second-order valence-electron chi connectivity index (χ2n) is 8.50. The highest BCUT2D eigenvalue weighted by molar-refractivity contribution is 7.86. The Bertz CT molecular complexity index is 422. The van der Waals surface area contributed by atoms with Crippen molar-refractivity contribution in [2.45, 2.75) is 147 Å². The fourth-order valence-corrected chi connectivity index (χ4v) is 4.87. The van der Waals surface area contributed by atoms with Crippen LogP contribution in [0.4, 0.5) is 0 Å². The Morgan fingerprint density at radius 3 is 1.25 bits per heavy atom. The summed E-state index contributed by atoms with van der Waals surface area (Å²) < 4.78 is 32.7. The van der Waals surface area contributed by atoms with Gasteiger partial charge in [-0.15, -0.1) is 0 Å². The van der Waals surface area contributed by atoms with Gasteiger partial charge in [0.1, 0.15) is 5.25 Å². The Morgan fingerprint density at radius 1 is 0.571 bits per heavy atom. The third kappa shape index (κ3) is 16.8. The Balaban J connectivity index is 3.81. The van der Waals surface area contributed by atoms with Crippen molar-refractivity contribution in [3.63, 3.8) is 0 Å². The molecule has 0 radical (unpaired) electrons. The third-order valence-corrected chi connectivity index (χ3v) is 7.07. The first-order chi connectivity index (χ1) is 13.4. The minimum absolute atomic E-state index is 0.365. The van der Waals surface area contributed by atoms with E-state index in [0.717, 1.165) is 38.5 Å². The van der Waals surface area contributed by atoms with Crippen molar-refractivity contribution in [1.82, 2.24) is 0 Å². The summed E-state index contributed by atoms with van der Waals surface area (Å²) in [5, 5.41) is 9.28. The van der Waals surface area contributed by atoms with Gasteiger partial charge in [0, 0.05) is 0 Å². The van der Waals surface area contributed by atoms with Gasteiger partial charge in [-0.1, -0.05) is 123 Å². The second-order valence-corrected chi connectivity index (χ2v) is 10.1. The maximum absolute atomic E-state index is 11.6. The van der Waals surface area contributed by atoms with Gasteiger partial charge in [-0.25, -0.2) is 0 Å². The lowest BCUT2D eigenvalue weighted by molar-refractivity contribution is 0.146. The largest absolute Gasteiger partial charge is 0.392 e. The molecule has 0 aliphatic heterocycles. The highest BCUT2D eigenvalue weighted by Crippen LogP contribution is 2.20. The van der Waals surface area contributed by atoms with Crippen LogP contribution in [0.5, 0.6) is 0 Å².